The Morgan fingerprint density at radius 2 is 1.92 bits per heavy atom. The zero-order chi connectivity index (χ0) is 17.3. The van der Waals surface area contributed by atoms with Crippen LogP contribution in [0, 0.1) is 0 Å². The minimum atomic E-state index is 0.721. The molecule has 3 N–H and O–H groups in total. The lowest BCUT2D eigenvalue weighted by atomic mass is 10.1. The number of hydrogen-bond acceptors (Lipinski definition) is 4. The highest BCUT2D eigenvalue weighted by molar-refractivity contribution is 7.99. The van der Waals surface area contributed by atoms with Crippen LogP contribution in [0.2, 0.25) is 0 Å². The van der Waals surface area contributed by atoms with Gasteiger partial charge in [0.15, 0.2) is 5.96 Å². The van der Waals surface area contributed by atoms with E-state index in [1.54, 1.807) is 0 Å². The highest BCUT2D eigenvalue weighted by Crippen LogP contribution is 2.23. The van der Waals surface area contributed by atoms with Gasteiger partial charge in [0, 0.05) is 42.2 Å². The number of nitrogens with zero attached hydrogens (tertiary/aromatic N) is 2. The molecule has 1 heterocycles. The second-order valence-corrected chi connectivity index (χ2v) is 7.08. The molecule has 25 heavy (non-hydrogen) atoms. The van der Waals surface area contributed by atoms with Crippen LogP contribution >= 0.6 is 11.8 Å². The summed E-state index contributed by atoms with van der Waals surface area (Å²) in [5.41, 5.74) is 6.65. The van der Waals surface area contributed by atoms with Gasteiger partial charge in [0.05, 0.1) is 19.8 Å². The van der Waals surface area contributed by atoms with Gasteiger partial charge in [-0.3, -0.25) is 4.99 Å². The summed E-state index contributed by atoms with van der Waals surface area (Å²) in [6, 6.07) is 14.7. The van der Waals surface area contributed by atoms with Crippen LogP contribution in [-0.4, -0.2) is 61.8 Å². The van der Waals surface area contributed by atoms with Crippen LogP contribution in [0.25, 0.3) is 10.8 Å². The number of anilines is 1. The molecule has 2 aromatic rings. The van der Waals surface area contributed by atoms with Gasteiger partial charge in [0.25, 0.3) is 0 Å². The summed E-state index contributed by atoms with van der Waals surface area (Å²) >= 11 is 1.85. The van der Waals surface area contributed by atoms with Gasteiger partial charge in [0.1, 0.15) is 0 Å². The van der Waals surface area contributed by atoms with Crippen molar-refractivity contribution in [1.82, 2.24) is 4.90 Å². The summed E-state index contributed by atoms with van der Waals surface area (Å²) in [4.78, 5) is 7.11. The zero-order valence-corrected chi connectivity index (χ0v) is 15.3. The van der Waals surface area contributed by atoms with Crippen molar-refractivity contribution < 1.29 is 4.74 Å². The SMILES string of the molecule is NCCSCCN=C(Nc1cccc2ccccc12)N1CCOCC1. The van der Waals surface area contributed by atoms with E-state index in [2.05, 4.69) is 52.7 Å². The molecule has 6 heteroatoms. The minimum absolute atomic E-state index is 0.721. The number of rotatable bonds is 6. The smallest absolute Gasteiger partial charge is 0.198 e. The first-order valence-electron chi connectivity index (χ1n) is 8.78. The third kappa shape index (κ3) is 5.11. The highest BCUT2D eigenvalue weighted by atomic mass is 32.2. The molecule has 134 valence electrons. The second-order valence-electron chi connectivity index (χ2n) is 5.86. The Morgan fingerprint density at radius 3 is 2.76 bits per heavy atom. The van der Waals surface area contributed by atoms with Crippen molar-refractivity contribution in [1.29, 1.82) is 0 Å². The van der Waals surface area contributed by atoms with Gasteiger partial charge >= 0.3 is 0 Å². The Morgan fingerprint density at radius 1 is 1.12 bits per heavy atom. The number of guanidine groups is 1. The fourth-order valence-corrected chi connectivity index (χ4v) is 3.44. The molecule has 0 saturated carbocycles. The largest absolute Gasteiger partial charge is 0.378 e. The Hall–Kier alpha value is -1.76. The molecule has 2 aromatic carbocycles. The molecule has 0 amide bonds. The van der Waals surface area contributed by atoms with E-state index in [9.17, 15) is 0 Å². The number of nitrogens with one attached hydrogen (secondary N) is 1. The third-order valence-corrected chi connectivity index (χ3v) is 5.10. The molecule has 0 bridgehead atoms. The quantitative estimate of drug-likeness (QED) is 0.472. The summed E-state index contributed by atoms with van der Waals surface area (Å²) in [6.45, 7) is 4.74. The molecule has 5 nitrogen and oxygen atoms in total. The lowest BCUT2D eigenvalue weighted by Crippen LogP contribution is -2.44. The first kappa shape index (κ1) is 18.0. The topological polar surface area (TPSA) is 62.9 Å². The maximum absolute atomic E-state index is 5.55. The van der Waals surface area contributed by atoms with Gasteiger partial charge in [0.2, 0.25) is 0 Å². The fraction of sp³-hybridized carbons (Fsp3) is 0.421. The molecule has 1 aliphatic heterocycles. The van der Waals surface area contributed by atoms with E-state index in [1.165, 1.54) is 10.8 Å². The van der Waals surface area contributed by atoms with Crippen molar-refractivity contribution in [2.75, 3.05) is 56.2 Å². The minimum Gasteiger partial charge on any atom is -0.378 e. The molecule has 1 fully saturated rings. The molecule has 0 aromatic heterocycles. The molecule has 0 atom stereocenters. The average molecular weight is 359 g/mol. The molecule has 0 unspecified atom stereocenters. The monoisotopic (exact) mass is 358 g/mol. The van der Waals surface area contributed by atoms with Crippen LogP contribution in [-0.2, 0) is 4.74 Å². The second kappa shape index (κ2) is 9.65. The van der Waals surface area contributed by atoms with E-state index in [4.69, 9.17) is 15.5 Å². The summed E-state index contributed by atoms with van der Waals surface area (Å²) in [5, 5.41) is 6.01. The zero-order valence-electron chi connectivity index (χ0n) is 14.5. The summed E-state index contributed by atoms with van der Waals surface area (Å²) in [5.74, 6) is 2.91. The van der Waals surface area contributed by atoms with Gasteiger partial charge in [-0.1, -0.05) is 36.4 Å². The standard InChI is InChI=1S/C19H26N4OS/c20-8-14-25-15-9-21-19(23-10-12-24-13-11-23)22-18-7-3-5-16-4-1-2-6-17(16)18/h1-7H,8-15,20H2,(H,21,22). The maximum Gasteiger partial charge on any atom is 0.198 e. The predicted molar refractivity (Wildman–Crippen MR) is 109 cm³/mol. The third-order valence-electron chi connectivity index (χ3n) is 4.11. The van der Waals surface area contributed by atoms with Gasteiger partial charge in [-0.25, -0.2) is 0 Å². The number of benzene rings is 2. The van der Waals surface area contributed by atoms with Crippen molar-refractivity contribution in [3.8, 4) is 0 Å². The Balaban J connectivity index is 1.77. The molecule has 3 rings (SSSR count). The summed E-state index contributed by atoms with van der Waals surface area (Å²) in [6.07, 6.45) is 0. The molecule has 0 radical (unpaired) electrons. The lowest BCUT2D eigenvalue weighted by Gasteiger charge is -2.30. The van der Waals surface area contributed by atoms with Crippen molar-refractivity contribution in [2.45, 2.75) is 0 Å². The van der Waals surface area contributed by atoms with E-state index in [1.807, 2.05) is 11.8 Å². The van der Waals surface area contributed by atoms with Gasteiger partial charge in [-0.05, 0) is 11.5 Å². The van der Waals surface area contributed by atoms with Crippen molar-refractivity contribution in [3.63, 3.8) is 0 Å². The van der Waals surface area contributed by atoms with E-state index in [-0.39, 0.29) is 0 Å². The number of nitrogens with two attached hydrogens (primary N) is 1. The summed E-state index contributed by atoms with van der Waals surface area (Å²) in [7, 11) is 0. The van der Waals surface area contributed by atoms with E-state index >= 15 is 0 Å². The van der Waals surface area contributed by atoms with E-state index < -0.39 is 0 Å². The molecule has 1 saturated heterocycles. The van der Waals surface area contributed by atoms with Crippen molar-refractivity contribution in [3.05, 3.63) is 42.5 Å². The van der Waals surface area contributed by atoms with Crippen LogP contribution < -0.4 is 11.1 Å². The fourth-order valence-electron chi connectivity index (χ4n) is 2.85. The van der Waals surface area contributed by atoms with Crippen molar-refractivity contribution in [2.24, 2.45) is 10.7 Å². The molecular formula is C19H26N4OS. The van der Waals surface area contributed by atoms with Gasteiger partial charge in [-0.2, -0.15) is 11.8 Å². The van der Waals surface area contributed by atoms with Crippen molar-refractivity contribution >= 4 is 34.2 Å². The normalized spacial score (nSPS) is 15.6. The highest BCUT2D eigenvalue weighted by Gasteiger charge is 2.16. The number of aliphatic imine (C=N–C) groups is 1. The Kier molecular flexibility index (Phi) is 6.97. The molecular weight excluding hydrogens is 332 g/mol. The average Bonchev–Trinajstić information content (AvgIpc) is 2.68. The number of fused-ring (bicyclic) bond motifs is 1. The van der Waals surface area contributed by atoms with E-state index in [0.717, 1.165) is 62.5 Å². The van der Waals surface area contributed by atoms with Crippen LogP contribution in [0.1, 0.15) is 0 Å². The van der Waals surface area contributed by atoms with Crippen LogP contribution in [0.5, 0.6) is 0 Å². The number of hydrogen-bond donors (Lipinski definition) is 2. The summed E-state index contributed by atoms with van der Waals surface area (Å²) < 4.78 is 5.49. The van der Waals surface area contributed by atoms with Crippen LogP contribution in [0.3, 0.4) is 0 Å². The first-order valence-corrected chi connectivity index (χ1v) is 9.93. The number of morpholine rings is 1. The lowest BCUT2D eigenvalue weighted by molar-refractivity contribution is 0.0679. The maximum atomic E-state index is 5.55. The first-order chi connectivity index (χ1) is 12.4. The number of ether oxygens (including phenoxy) is 1. The van der Waals surface area contributed by atoms with E-state index in [0.29, 0.717) is 0 Å². The predicted octanol–water partition coefficient (Wildman–Crippen LogP) is 2.63. The molecule has 0 aliphatic carbocycles. The Labute approximate surface area is 153 Å². The van der Waals surface area contributed by atoms with Crippen LogP contribution in [0.4, 0.5) is 5.69 Å². The van der Waals surface area contributed by atoms with Gasteiger partial charge < -0.3 is 20.7 Å². The Bertz CT molecular complexity index is 695. The molecule has 0 spiro atoms. The molecule has 1 aliphatic rings. The number of thioether (sulfide) groups is 1. The van der Waals surface area contributed by atoms with Crippen LogP contribution in [0.15, 0.2) is 47.5 Å². The van der Waals surface area contributed by atoms with Gasteiger partial charge in [-0.15, -0.1) is 0 Å².